The molecule has 4 heteroatoms. The molecule has 1 rings (SSSR count). The van der Waals surface area contributed by atoms with Crippen molar-refractivity contribution in [3.05, 3.63) is 28.2 Å². The van der Waals surface area contributed by atoms with Crippen LogP contribution in [0.3, 0.4) is 0 Å². The van der Waals surface area contributed by atoms with Gasteiger partial charge in [-0.2, -0.15) is 0 Å². The summed E-state index contributed by atoms with van der Waals surface area (Å²) >= 11 is 3.52. The highest BCUT2D eigenvalue weighted by Crippen LogP contribution is 2.22. The minimum atomic E-state index is -0.667. The van der Waals surface area contributed by atoms with Crippen molar-refractivity contribution in [2.45, 2.75) is 39.3 Å². The van der Waals surface area contributed by atoms with Crippen LogP contribution in [0.25, 0.3) is 0 Å². The standard InChI is InChI=1S/C15H24BrNO2/c1-11(2)8-15(3,18)10-17-9-12-7-13(19-4)5-6-14(12)16/h5-7,11,17-18H,8-10H2,1-4H3. The van der Waals surface area contributed by atoms with E-state index in [1.54, 1.807) is 7.11 Å². The second-order valence-corrected chi connectivity index (χ2v) is 6.51. The Bertz CT molecular complexity index is 405. The lowest BCUT2D eigenvalue weighted by Crippen LogP contribution is -2.38. The Hall–Kier alpha value is -0.580. The molecule has 2 N–H and O–H groups in total. The smallest absolute Gasteiger partial charge is 0.119 e. The Morgan fingerprint density at radius 3 is 2.68 bits per heavy atom. The summed E-state index contributed by atoms with van der Waals surface area (Å²) in [5, 5.41) is 13.5. The molecule has 19 heavy (non-hydrogen) atoms. The van der Waals surface area contributed by atoms with Gasteiger partial charge in [-0.25, -0.2) is 0 Å². The molecule has 1 aromatic rings. The molecule has 0 amide bonds. The second-order valence-electron chi connectivity index (χ2n) is 5.66. The van der Waals surface area contributed by atoms with Gasteiger partial charge >= 0.3 is 0 Å². The molecule has 0 radical (unpaired) electrons. The fraction of sp³-hybridized carbons (Fsp3) is 0.600. The van der Waals surface area contributed by atoms with Crippen LogP contribution in [0.2, 0.25) is 0 Å². The lowest BCUT2D eigenvalue weighted by atomic mass is 9.94. The molecule has 0 heterocycles. The van der Waals surface area contributed by atoms with Crippen molar-refractivity contribution in [1.82, 2.24) is 5.32 Å². The number of nitrogens with one attached hydrogen (secondary N) is 1. The summed E-state index contributed by atoms with van der Waals surface area (Å²) in [5.41, 5.74) is 0.458. The van der Waals surface area contributed by atoms with E-state index >= 15 is 0 Å². The molecule has 0 aliphatic carbocycles. The van der Waals surface area contributed by atoms with Crippen molar-refractivity contribution < 1.29 is 9.84 Å². The van der Waals surface area contributed by atoms with E-state index in [0.717, 1.165) is 22.2 Å². The predicted molar refractivity (Wildman–Crippen MR) is 82.5 cm³/mol. The average molecular weight is 330 g/mol. The van der Waals surface area contributed by atoms with Crippen LogP contribution in [-0.4, -0.2) is 24.4 Å². The van der Waals surface area contributed by atoms with Crippen molar-refractivity contribution in [3.8, 4) is 5.75 Å². The highest BCUT2D eigenvalue weighted by atomic mass is 79.9. The van der Waals surface area contributed by atoms with Gasteiger partial charge in [0.25, 0.3) is 0 Å². The fourth-order valence-corrected chi connectivity index (χ4v) is 2.62. The van der Waals surface area contributed by atoms with Gasteiger partial charge in [0.15, 0.2) is 0 Å². The van der Waals surface area contributed by atoms with Crippen LogP contribution in [-0.2, 0) is 6.54 Å². The van der Waals surface area contributed by atoms with Crippen LogP contribution >= 0.6 is 15.9 Å². The van der Waals surface area contributed by atoms with E-state index in [9.17, 15) is 5.11 Å². The summed E-state index contributed by atoms with van der Waals surface area (Å²) in [6.07, 6.45) is 0.791. The Morgan fingerprint density at radius 1 is 1.42 bits per heavy atom. The van der Waals surface area contributed by atoms with E-state index in [0.29, 0.717) is 19.0 Å². The van der Waals surface area contributed by atoms with Gasteiger partial charge in [0.2, 0.25) is 0 Å². The molecule has 0 spiro atoms. The SMILES string of the molecule is COc1ccc(Br)c(CNCC(C)(O)CC(C)C)c1. The number of rotatable bonds is 7. The number of hydrogen-bond donors (Lipinski definition) is 2. The van der Waals surface area contributed by atoms with E-state index in [1.165, 1.54) is 0 Å². The largest absolute Gasteiger partial charge is 0.497 e. The maximum atomic E-state index is 10.2. The first-order chi connectivity index (χ1) is 8.84. The van der Waals surface area contributed by atoms with E-state index in [2.05, 4.69) is 35.1 Å². The zero-order chi connectivity index (χ0) is 14.5. The predicted octanol–water partition coefficient (Wildman–Crippen LogP) is 3.34. The van der Waals surface area contributed by atoms with E-state index in [4.69, 9.17) is 4.74 Å². The third-order valence-corrected chi connectivity index (χ3v) is 3.70. The van der Waals surface area contributed by atoms with Crippen molar-refractivity contribution in [2.75, 3.05) is 13.7 Å². The number of benzene rings is 1. The van der Waals surface area contributed by atoms with Gasteiger partial charge in [0, 0.05) is 17.6 Å². The van der Waals surface area contributed by atoms with Gasteiger partial charge in [-0.1, -0.05) is 29.8 Å². The molecule has 108 valence electrons. The third kappa shape index (κ3) is 5.93. The number of aliphatic hydroxyl groups is 1. The summed E-state index contributed by atoms with van der Waals surface area (Å²) < 4.78 is 6.26. The first-order valence-corrected chi connectivity index (χ1v) is 7.39. The van der Waals surface area contributed by atoms with Gasteiger partial charge in [-0.15, -0.1) is 0 Å². The van der Waals surface area contributed by atoms with Gasteiger partial charge in [-0.05, 0) is 43.0 Å². The van der Waals surface area contributed by atoms with Gasteiger partial charge in [0.1, 0.15) is 5.75 Å². The highest BCUT2D eigenvalue weighted by Gasteiger charge is 2.21. The zero-order valence-corrected chi connectivity index (χ0v) is 13.8. The van der Waals surface area contributed by atoms with E-state index in [1.807, 2.05) is 25.1 Å². The Kier molecular flexibility index (Phi) is 6.30. The van der Waals surface area contributed by atoms with Crippen LogP contribution in [0.4, 0.5) is 0 Å². The number of methoxy groups -OCH3 is 1. The van der Waals surface area contributed by atoms with Crippen molar-refractivity contribution in [1.29, 1.82) is 0 Å². The minimum Gasteiger partial charge on any atom is -0.497 e. The number of ether oxygens (including phenoxy) is 1. The Morgan fingerprint density at radius 2 is 2.11 bits per heavy atom. The normalized spacial score (nSPS) is 14.5. The van der Waals surface area contributed by atoms with Gasteiger partial charge in [-0.3, -0.25) is 0 Å². The maximum Gasteiger partial charge on any atom is 0.119 e. The van der Waals surface area contributed by atoms with Crippen LogP contribution in [0.15, 0.2) is 22.7 Å². The molecule has 0 aliphatic rings. The quantitative estimate of drug-likeness (QED) is 0.806. The minimum absolute atomic E-state index is 0.486. The topological polar surface area (TPSA) is 41.5 Å². The zero-order valence-electron chi connectivity index (χ0n) is 12.2. The monoisotopic (exact) mass is 329 g/mol. The molecule has 0 aromatic heterocycles. The summed E-state index contributed by atoms with van der Waals surface area (Å²) in [5.74, 6) is 1.33. The van der Waals surface area contributed by atoms with Crippen LogP contribution in [0.1, 0.15) is 32.8 Å². The van der Waals surface area contributed by atoms with E-state index < -0.39 is 5.60 Å². The number of hydrogen-bond acceptors (Lipinski definition) is 3. The third-order valence-electron chi connectivity index (χ3n) is 2.92. The molecule has 1 unspecified atom stereocenters. The van der Waals surface area contributed by atoms with Gasteiger partial charge < -0.3 is 15.2 Å². The molecule has 0 fully saturated rings. The van der Waals surface area contributed by atoms with Crippen molar-refractivity contribution >= 4 is 15.9 Å². The highest BCUT2D eigenvalue weighted by molar-refractivity contribution is 9.10. The molecule has 1 aromatic carbocycles. The molecular weight excluding hydrogens is 306 g/mol. The summed E-state index contributed by atoms with van der Waals surface area (Å²) in [6.45, 7) is 7.39. The summed E-state index contributed by atoms with van der Waals surface area (Å²) in [6, 6.07) is 5.89. The molecule has 0 saturated heterocycles. The van der Waals surface area contributed by atoms with Gasteiger partial charge in [0.05, 0.1) is 12.7 Å². The van der Waals surface area contributed by atoms with Crippen molar-refractivity contribution in [3.63, 3.8) is 0 Å². The number of halogens is 1. The Labute approximate surface area is 124 Å². The molecular formula is C15H24BrNO2. The first kappa shape index (κ1) is 16.5. The second kappa shape index (κ2) is 7.27. The molecule has 0 aliphatic heterocycles. The molecule has 0 bridgehead atoms. The summed E-state index contributed by atoms with van der Waals surface area (Å²) in [7, 11) is 1.66. The fourth-order valence-electron chi connectivity index (χ4n) is 2.23. The molecule has 3 nitrogen and oxygen atoms in total. The first-order valence-electron chi connectivity index (χ1n) is 6.59. The Balaban J connectivity index is 2.53. The van der Waals surface area contributed by atoms with Crippen molar-refractivity contribution in [2.24, 2.45) is 5.92 Å². The summed E-state index contributed by atoms with van der Waals surface area (Å²) in [4.78, 5) is 0. The van der Waals surface area contributed by atoms with Crippen LogP contribution in [0, 0.1) is 5.92 Å². The molecule has 1 atom stereocenters. The maximum absolute atomic E-state index is 10.2. The lowest BCUT2D eigenvalue weighted by Gasteiger charge is -2.25. The lowest BCUT2D eigenvalue weighted by molar-refractivity contribution is 0.0383. The van der Waals surface area contributed by atoms with Crippen LogP contribution < -0.4 is 10.1 Å². The van der Waals surface area contributed by atoms with E-state index in [-0.39, 0.29) is 0 Å². The average Bonchev–Trinajstić information content (AvgIpc) is 2.29. The molecule has 0 saturated carbocycles. The van der Waals surface area contributed by atoms with Crippen LogP contribution in [0.5, 0.6) is 5.75 Å².